The molecular weight excluding hydrogens is 496 g/mol. The van der Waals surface area contributed by atoms with E-state index in [2.05, 4.69) is 24.9 Å². The van der Waals surface area contributed by atoms with Crippen LogP contribution in [-0.4, -0.2) is 71.3 Å². The maximum atomic E-state index is 9.92. The van der Waals surface area contributed by atoms with E-state index in [9.17, 15) is 9.79 Å². The van der Waals surface area contributed by atoms with Crippen molar-refractivity contribution in [3.63, 3.8) is 0 Å². The molecule has 0 radical (unpaired) electrons. The number of nitrogen functional groups attached to an aromatic ring is 1. The number of imidazole rings is 2. The molecule has 5 N–H and O–H groups in total. The predicted octanol–water partition coefficient (Wildman–Crippen LogP) is -1.46. The SMILES string of the molecule is COC1[C@H](n2c(Sc3nc4ccccc4[nH]3)nc3c(N)ncnc32)O[C@@H]2CO[P+](O)(O)O[C@@H]12.[H-].[Na+]. The number of hydrogen-bond acceptors (Lipinski definition) is 12. The fourth-order valence-electron chi connectivity index (χ4n) is 4.06. The van der Waals surface area contributed by atoms with Crippen LogP contribution in [-0.2, 0) is 18.5 Å². The minimum Gasteiger partial charge on any atom is -1.00 e. The predicted molar refractivity (Wildman–Crippen MR) is 118 cm³/mol. The molecule has 2 aliphatic heterocycles. The molecule has 0 bridgehead atoms. The van der Waals surface area contributed by atoms with Crippen LogP contribution in [0, 0.1) is 0 Å². The average molecular weight is 516 g/mol. The number of aromatic amines is 1. The molecule has 1 unspecified atom stereocenters. The number of nitrogens with zero attached hydrogens (tertiary/aromatic N) is 5. The number of anilines is 1. The normalized spacial score (nSPS) is 26.0. The van der Waals surface area contributed by atoms with E-state index in [1.54, 1.807) is 4.57 Å². The van der Waals surface area contributed by atoms with Crippen molar-refractivity contribution in [3.05, 3.63) is 30.6 Å². The van der Waals surface area contributed by atoms with E-state index in [4.69, 9.17) is 24.3 Å². The summed E-state index contributed by atoms with van der Waals surface area (Å²) < 4.78 is 24.0. The van der Waals surface area contributed by atoms with Crippen LogP contribution in [0.2, 0.25) is 0 Å². The van der Waals surface area contributed by atoms with Gasteiger partial charge in [-0.25, -0.2) is 19.9 Å². The third-order valence-corrected chi connectivity index (χ3v) is 7.37. The van der Waals surface area contributed by atoms with Gasteiger partial charge in [-0.05, 0) is 23.9 Å². The molecule has 34 heavy (non-hydrogen) atoms. The second-order valence-corrected chi connectivity index (χ2v) is 9.88. The minimum atomic E-state index is -3.95. The van der Waals surface area contributed by atoms with E-state index >= 15 is 0 Å². The molecule has 2 fully saturated rings. The third-order valence-electron chi connectivity index (χ3n) is 5.51. The summed E-state index contributed by atoms with van der Waals surface area (Å²) in [6.45, 7) is -0.0579. The summed E-state index contributed by atoms with van der Waals surface area (Å²) >= 11 is 1.27. The Hall–Kier alpha value is -1.42. The zero-order valence-corrected chi connectivity index (χ0v) is 21.8. The Bertz CT molecular complexity index is 1330. The molecule has 16 heteroatoms. The summed E-state index contributed by atoms with van der Waals surface area (Å²) in [5.74, 6) is 0.213. The Kier molecular flexibility index (Phi) is 6.59. The first-order valence-corrected chi connectivity index (χ1v) is 12.2. The van der Waals surface area contributed by atoms with Crippen molar-refractivity contribution >= 4 is 47.9 Å². The molecule has 2 aliphatic rings. The number of para-hydroxylation sites is 2. The quantitative estimate of drug-likeness (QED) is 0.184. The van der Waals surface area contributed by atoms with Gasteiger partial charge in [-0.3, -0.25) is 4.57 Å². The topological polar surface area (TPSA) is 176 Å². The fourth-order valence-corrected chi connectivity index (χ4v) is 5.94. The number of nitrogens with one attached hydrogen (secondary N) is 1. The van der Waals surface area contributed by atoms with Crippen LogP contribution < -0.4 is 35.3 Å². The summed E-state index contributed by atoms with van der Waals surface area (Å²) in [6.07, 6.45) is -1.49. The van der Waals surface area contributed by atoms with Crippen LogP contribution in [0.5, 0.6) is 0 Å². The Morgan fingerprint density at radius 1 is 1.29 bits per heavy atom. The molecule has 4 atom stereocenters. The monoisotopic (exact) mass is 516 g/mol. The van der Waals surface area contributed by atoms with Gasteiger partial charge in [0.05, 0.1) is 11.0 Å². The van der Waals surface area contributed by atoms with Gasteiger partial charge in [0.2, 0.25) is 0 Å². The van der Waals surface area contributed by atoms with Gasteiger partial charge in [-0.15, -0.1) is 4.52 Å². The maximum Gasteiger partial charge on any atom is 1.00 e. The smallest absolute Gasteiger partial charge is 1.00 e. The summed E-state index contributed by atoms with van der Waals surface area (Å²) in [7, 11) is -2.46. The standard InChI is InChI=1S/C18H19N7O6PS.Na.H/c1-28-13-12-10(6-29-32(26,27)31-12)30-16(13)25-15-11(14(19)20-7-21-15)24-18(25)33-17-22-8-4-2-3-5-9(8)23-17;;/h2-5,7,10,12-13,16,26-27H,6H2,1H3,(H,22,23)(H2,19,20,21);;/q2*+1;-1/t10-,12-,13?,16-;;/m1../s1. The first kappa shape index (κ1) is 24.3. The molecule has 1 aromatic carbocycles. The first-order chi connectivity index (χ1) is 15.9. The molecule has 4 aromatic rings. The Balaban J connectivity index is 0.00000144. The number of hydrogen-bond donors (Lipinski definition) is 4. The van der Waals surface area contributed by atoms with Crippen molar-refractivity contribution < 1.29 is 59.3 Å². The van der Waals surface area contributed by atoms with Crippen LogP contribution in [0.15, 0.2) is 40.9 Å². The van der Waals surface area contributed by atoms with Gasteiger partial charge in [0.25, 0.3) is 0 Å². The van der Waals surface area contributed by atoms with Crippen molar-refractivity contribution in [1.29, 1.82) is 0 Å². The van der Waals surface area contributed by atoms with Gasteiger partial charge in [-0.2, -0.15) is 14.3 Å². The third kappa shape index (κ3) is 4.12. The number of aromatic nitrogens is 6. The van der Waals surface area contributed by atoms with Crippen LogP contribution in [0.25, 0.3) is 22.2 Å². The Labute approximate surface area is 220 Å². The van der Waals surface area contributed by atoms with Gasteiger partial charge < -0.3 is 21.6 Å². The van der Waals surface area contributed by atoms with Crippen molar-refractivity contribution in [2.24, 2.45) is 0 Å². The summed E-state index contributed by atoms with van der Waals surface area (Å²) in [5, 5.41) is 1.09. The van der Waals surface area contributed by atoms with E-state index in [1.165, 1.54) is 25.2 Å². The Morgan fingerprint density at radius 2 is 2.12 bits per heavy atom. The van der Waals surface area contributed by atoms with Crippen LogP contribution in [0.1, 0.15) is 7.65 Å². The van der Waals surface area contributed by atoms with E-state index in [1.807, 2.05) is 24.3 Å². The van der Waals surface area contributed by atoms with Crippen molar-refractivity contribution in [1.82, 2.24) is 29.5 Å². The van der Waals surface area contributed by atoms with Crippen molar-refractivity contribution in [2.45, 2.75) is 34.9 Å². The zero-order chi connectivity index (χ0) is 22.7. The molecule has 174 valence electrons. The first-order valence-electron chi connectivity index (χ1n) is 9.90. The number of ether oxygens (including phenoxy) is 2. The summed E-state index contributed by atoms with van der Waals surface area (Å²) in [6, 6.07) is 7.67. The molecule has 0 saturated carbocycles. The van der Waals surface area contributed by atoms with Gasteiger partial charge >= 0.3 is 37.7 Å². The van der Waals surface area contributed by atoms with Gasteiger partial charge in [0, 0.05) is 7.11 Å². The second-order valence-electron chi connectivity index (χ2n) is 7.48. The van der Waals surface area contributed by atoms with E-state index < -0.39 is 32.7 Å². The van der Waals surface area contributed by atoms with Crippen LogP contribution in [0.3, 0.4) is 0 Å². The van der Waals surface area contributed by atoms with Crippen LogP contribution in [0.4, 0.5) is 5.82 Å². The number of fused-ring (bicyclic) bond motifs is 3. The molecule has 5 heterocycles. The zero-order valence-electron chi connectivity index (χ0n) is 19.1. The molecule has 0 aliphatic carbocycles. The van der Waals surface area contributed by atoms with Gasteiger partial charge in [0.1, 0.15) is 25.1 Å². The molecule has 0 amide bonds. The Morgan fingerprint density at radius 3 is 2.91 bits per heavy atom. The molecule has 0 spiro atoms. The molecule has 3 aromatic heterocycles. The van der Waals surface area contributed by atoms with E-state index in [0.717, 1.165) is 11.0 Å². The number of benzene rings is 1. The van der Waals surface area contributed by atoms with Gasteiger partial charge in [-0.1, -0.05) is 12.1 Å². The molecular formula is C18H20N7NaO6PS+. The maximum absolute atomic E-state index is 9.92. The number of methoxy groups -OCH3 is 1. The largest absolute Gasteiger partial charge is 1.00 e. The molecule has 2 saturated heterocycles. The number of nitrogens with two attached hydrogens (primary N) is 1. The second kappa shape index (κ2) is 9.22. The minimum absolute atomic E-state index is 0. The number of rotatable bonds is 4. The van der Waals surface area contributed by atoms with E-state index in [0.29, 0.717) is 21.5 Å². The van der Waals surface area contributed by atoms with Gasteiger partial charge in [0.15, 0.2) is 39.6 Å². The summed E-state index contributed by atoms with van der Waals surface area (Å²) in [5.41, 5.74) is 8.60. The molecule has 13 nitrogen and oxygen atoms in total. The summed E-state index contributed by atoms with van der Waals surface area (Å²) in [4.78, 5) is 40.8. The van der Waals surface area contributed by atoms with E-state index in [-0.39, 0.29) is 43.4 Å². The molecule has 6 rings (SSSR count). The fraction of sp³-hybridized carbons (Fsp3) is 0.333. The average Bonchev–Trinajstić information content (AvgIpc) is 3.45. The number of H-pyrrole nitrogens is 1. The van der Waals surface area contributed by atoms with Crippen molar-refractivity contribution in [2.75, 3.05) is 19.5 Å². The van der Waals surface area contributed by atoms with Crippen molar-refractivity contribution in [3.8, 4) is 0 Å². The van der Waals surface area contributed by atoms with Crippen LogP contribution >= 0.6 is 19.9 Å².